The van der Waals surface area contributed by atoms with Gasteiger partial charge in [0.1, 0.15) is 12.2 Å². The van der Waals surface area contributed by atoms with Gasteiger partial charge in [-0.15, -0.1) is 0 Å². The molecule has 2 bridgehead atoms. The summed E-state index contributed by atoms with van der Waals surface area (Å²) in [6.07, 6.45) is -1.84. The van der Waals surface area contributed by atoms with Gasteiger partial charge in [0.05, 0.1) is 12.2 Å². The molecule has 6 nitrogen and oxygen atoms in total. The molecule has 0 aromatic heterocycles. The quantitative estimate of drug-likeness (QED) is 0.422. The fourth-order valence-electron chi connectivity index (χ4n) is 2.55. The van der Waals surface area contributed by atoms with Crippen molar-refractivity contribution in [2.75, 3.05) is 0 Å². The minimum absolute atomic E-state index is 0.251. The molecule has 14 heavy (non-hydrogen) atoms. The van der Waals surface area contributed by atoms with Crippen molar-refractivity contribution in [2.45, 2.75) is 24.4 Å². The van der Waals surface area contributed by atoms with Crippen LogP contribution in [0.15, 0.2) is 0 Å². The van der Waals surface area contributed by atoms with E-state index in [-0.39, 0.29) is 12.2 Å². The Morgan fingerprint density at radius 3 is 1.50 bits per heavy atom. The van der Waals surface area contributed by atoms with Crippen LogP contribution in [-0.4, -0.2) is 36.4 Å². The first-order chi connectivity index (χ1) is 6.61. The van der Waals surface area contributed by atoms with Gasteiger partial charge < -0.3 is 29.3 Å². The Morgan fingerprint density at radius 1 is 0.786 bits per heavy atom. The zero-order valence-corrected chi connectivity index (χ0v) is 6.91. The second-order valence-corrected chi connectivity index (χ2v) is 3.82. The minimum Gasteiger partial charge on any atom is -0.550 e. The summed E-state index contributed by atoms with van der Waals surface area (Å²) in [7, 11) is 0. The predicted octanol–water partition coefficient (Wildman–Crippen LogP) is -3.73. The Hall–Kier alpha value is -1.14. The number of hydrogen-bond donors (Lipinski definition) is 0. The Kier molecular flexibility index (Phi) is 1.32. The monoisotopic (exact) mass is 198 g/mol. The van der Waals surface area contributed by atoms with Crippen LogP contribution < -0.4 is 10.2 Å². The lowest BCUT2D eigenvalue weighted by Gasteiger charge is -2.27. The summed E-state index contributed by atoms with van der Waals surface area (Å²) in [6.45, 7) is 0. The summed E-state index contributed by atoms with van der Waals surface area (Å²) < 4.78 is 10.3. The van der Waals surface area contributed by atoms with Gasteiger partial charge in [0.2, 0.25) is 0 Å². The van der Waals surface area contributed by atoms with E-state index < -0.39 is 36.0 Å². The van der Waals surface area contributed by atoms with E-state index >= 15 is 0 Å². The minimum atomic E-state index is -1.40. The molecular weight excluding hydrogens is 192 g/mol. The molecule has 3 aliphatic heterocycles. The van der Waals surface area contributed by atoms with Crippen molar-refractivity contribution in [2.24, 2.45) is 11.8 Å². The van der Waals surface area contributed by atoms with E-state index in [4.69, 9.17) is 9.47 Å². The van der Waals surface area contributed by atoms with E-state index in [2.05, 4.69) is 0 Å². The number of carbonyl (C=O) groups excluding carboxylic acids is 2. The number of rotatable bonds is 2. The zero-order valence-electron chi connectivity index (χ0n) is 6.91. The third kappa shape index (κ3) is 0.777. The number of hydrogen-bond acceptors (Lipinski definition) is 6. The summed E-state index contributed by atoms with van der Waals surface area (Å²) in [6, 6.07) is 0. The SMILES string of the molecule is O=C([O-])[C@@H]1[C@H]2O[C@H]([C@H]3O[C@H]32)[C@@H]1C(=O)[O-]. The molecule has 0 aromatic carbocycles. The van der Waals surface area contributed by atoms with Crippen molar-refractivity contribution in [3.63, 3.8) is 0 Å². The van der Waals surface area contributed by atoms with E-state index in [1.54, 1.807) is 0 Å². The lowest BCUT2D eigenvalue weighted by atomic mass is 9.79. The smallest absolute Gasteiger partial charge is 0.114 e. The highest BCUT2D eigenvalue weighted by molar-refractivity contribution is 5.80. The highest BCUT2D eigenvalue weighted by atomic mass is 16.7. The number of fused-ring (bicyclic) bond motifs is 5. The highest BCUT2D eigenvalue weighted by Gasteiger charge is 2.69. The third-order valence-electron chi connectivity index (χ3n) is 3.16. The maximum Gasteiger partial charge on any atom is 0.114 e. The summed E-state index contributed by atoms with van der Waals surface area (Å²) in [4.78, 5) is 21.5. The van der Waals surface area contributed by atoms with Crippen LogP contribution in [0.2, 0.25) is 0 Å². The fraction of sp³-hybridized carbons (Fsp3) is 0.750. The van der Waals surface area contributed by atoms with Crippen LogP contribution in [0.3, 0.4) is 0 Å². The largest absolute Gasteiger partial charge is 0.550 e. The molecule has 0 aromatic rings. The van der Waals surface area contributed by atoms with Gasteiger partial charge in [-0.2, -0.15) is 0 Å². The predicted molar refractivity (Wildman–Crippen MR) is 34.3 cm³/mol. The van der Waals surface area contributed by atoms with E-state index in [0.717, 1.165) is 0 Å². The molecule has 0 N–H and O–H groups in total. The molecule has 3 aliphatic rings. The van der Waals surface area contributed by atoms with Gasteiger partial charge in [0.15, 0.2) is 0 Å². The molecule has 0 amide bonds. The molecule has 0 unspecified atom stereocenters. The molecule has 6 atom stereocenters. The first kappa shape index (κ1) is 8.19. The second kappa shape index (κ2) is 2.26. The standard InChI is InChI=1S/C8H8O6/c9-7(10)1-2(8(11)12)4-6-5(14-6)3(1)13-4/h1-6H,(H,9,10)(H,11,12)/p-2/t1-,2+,3+,4-,5-,6+. The first-order valence-electron chi connectivity index (χ1n) is 4.34. The van der Waals surface area contributed by atoms with Gasteiger partial charge in [-0.05, 0) is 0 Å². The molecule has 0 spiro atoms. The van der Waals surface area contributed by atoms with Crippen molar-refractivity contribution < 1.29 is 29.3 Å². The number of aliphatic carboxylic acids is 2. The van der Waals surface area contributed by atoms with Crippen molar-refractivity contribution in [1.29, 1.82) is 0 Å². The molecule has 3 fully saturated rings. The van der Waals surface area contributed by atoms with Crippen LogP contribution in [0.5, 0.6) is 0 Å². The maximum absolute atomic E-state index is 10.7. The van der Waals surface area contributed by atoms with Crippen LogP contribution >= 0.6 is 0 Å². The van der Waals surface area contributed by atoms with Crippen molar-refractivity contribution >= 4 is 11.9 Å². The number of carbonyl (C=O) groups is 2. The molecule has 3 saturated heterocycles. The zero-order chi connectivity index (χ0) is 10.0. The maximum atomic E-state index is 10.7. The van der Waals surface area contributed by atoms with Gasteiger partial charge in [0.25, 0.3) is 0 Å². The summed E-state index contributed by atoms with van der Waals surface area (Å²) in [5.74, 6) is -5.07. The van der Waals surface area contributed by atoms with Crippen LogP contribution in [-0.2, 0) is 19.1 Å². The molecule has 0 aliphatic carbocycles. The molecule has 3 rings (SSSR count). The average molecular weight is 198 g/mol. The topological polar surface area (TPSA) is 102 Å². The number of ether oxygens (including phenoxy) is 2. The number of epoxide rings is 1. The lowest BCUT2D eigenvalue weighted by Crippen LogP contribution is -2.51. The van der Waals surface area contributed by atoms with Gasteiger partial charge in [0, 0.05) is 23.8 Å². The van der Waals surface area contributed by atoms with Gasteiger partial charge in [-0.25, -0.2) is 0 Å². The van der Waals surface area contributed by atoms with Gasteiger partial charge in [-0.3, -0.25) is 0 Å². The molecule has 6 heteroatoms. The van der Waals surface area contributed by atoms with Crippen molar-refractivity contribution in [3.8, 4) is 0 Å². The van der Waals surface area contributed by atoms with E-state index in [0.29, 0.717) is 0 Å². The van der Waals surface area contributed by atoms with Crippen molar-refractivity contribution in [3.05, 3.63) is 0 Å². The highest BCUT2D eigenvalue weighted by Crippen LogP contribution is 2.53. The number of carboxylic acids is 2. The summed E-state index contributed by atoms with van der Waals surface area (Å²) in [5, 5.41) is 21.5. The van der Waals surface area contributed by atoms with E-state index in [1.807, 2.05) is 0 Å². The normalized spacial score (nSPS) is 52.9. The Bertz CT molecular complexity index is 296. The van der Waals surface area contributed by atoms with E-state index in [9.17, 15) is 19.8 Å². The number of carboxylic acid groups (broad SMARTS) is 2. The summed E-state index contributed by atoms with van der Waals surface area (Å²) >= 11 is 0. The summed E-state index contributed by atoms with van der Waals surface area (Å²) in [5.41, 5.74) is 0. The van der Waals surface area contributed by atoms with Gasteiger partial charge in [-0.1, -0.05) is 0 Å². The van der Waals surface area contributed by atoms with E-state index in [1.165, 1.54) is 0 Å². The van der Waals surface area contributed by atoms with Gasteiger partial charge >= 0.3 is 0 Å². The average Bonchev–Trinajstić information content (AvgIpc) is 2.71. The van der Waals surface area contributed by atoms with Crippen LogP contribution in [0.1, 0.15) is 0 Å². The Morgan fingerprint density at radius 2 is 1.14 bits per heavy atom. The molecule has 3 heterocycles. The third-order valence-corrected chi connectivity index (χ3v) is 3.16. The van der Waals surface area contributed by atoms with Crippen molar-refractivity contribution in [1.82, 2.24) is 0 Å². The second-order valence-electron chi connectivity index (χ2n) is 3.82. The van der Waals surface area contributed by atoms with Crippen LogP contribution in [0, 0.1) is 11.8 Å². The molecular formula is C8H6O6-2. The Balaban J connectivity index is 1.95. The van der Waals surface area contributed by atoms with Crippen LogP contribution in [0.25, 0.3) is 0 Å². The molecule has 0 saturated carbocycles. The lowest BCUT2D eigenvalue weighted by molar-refractivity contribution is -0.326. The van der Waals surface area contributed by atoms with Crippen LogP contribution in [0.4, 0.5) is 0 Å². The Labute approximate surface area is 78.4 Å². The fourth-order valence-corrected chi connectivity index (χ4v) is 2.55. The first-order valence-corrected chi connectivity index (χ1v) is 4.34. The molecule has 76 valence electrons. The molecule has 0 radical (unpaired) electrons.